The Morgan fingerprint density at radius 2 is 1.64 bits per heavy atom. The molecular weight excluding hydrogens is 356 g/mol. The van der Waals surface area contributed by atoms with E-state index in [4.69, 9.17) is 9.47 Å². The predicted molar refractivity (Wildman–Crippen MR) is 106 cm³/mol. The number of hydrogen-bond donors (Lipinski definition) is 0. The van der Waals surface area contributed by atoms with Crippen molar-refractivity contribution in [2.24, 2.45) is 0 Å². The first-order valence-electron chi connectivity index (χ1n) is 8.63. The van der Waals surface area contributed by atoms with Crippen LogP contribution in [0.3, 0.4) is 0 Å². The van der Waals surface area contributed by atoms with Gasteiger partial charge in [-0.05, 0) is 42.8 Å². The zero-order chi connectivity index (χ0) is 20.1. The van der Waals surface area contributed by atoms with Crippen molar-refractivity contribution < 1.29 is 19.1 Å². The molecule has 28 heavy (non-hydrogen) atoms. The molecule has 0 unspecified atom stereocenters. The lowest BCUT2D eigenvalue weighted by Gasteiger charge is -2.23. The number of aryl methyl sites for hydroxylation is 1. The lowest BCUT2D eigenvalue weighted by atomic mass is 10.1. The molecule has 0 spiro atoms. The number of methoxy groups -OCH3 is 2. The van der Waals surface area contributed by atoms with Crippen LogP contribution in [0.5, 0.6) is 0 Å². The normalized spacial score (nSPS) is 13.3. The number of carbonyl (C=O) groups excluding carboxylic acids is 2. The van der Waals surface area contributed by atoms with Crippen LogP contribution in [0.4, 0.5) is 5.69 Å². The number of allylic oxidation sites excluding steroid dienone is 2. The molecule has 3 rings (SSSR count). The number of benzene rings is 1. The Morgan fingerprint density at radius 1 is 0.929 bits per heavy atom. The van der Waals surface area contributed by atoms with E-state index in [2.05, 4.69) is 4.98 Å². The number of anilines is 1. The molecule has 0 saturated carbocycles. The molecule has 6 heteroatoms. The van der Waals surface area contributed by atoms with Gasteiger partial charge in [0, 0.05) is 23.6 Å². The quantitative estimate of drug-likeness (QED) is 0.760. The van der Waals surface area contributed by atoms with E-state index in [1.807, 2.05) is 49.5 Å². The smallest absolute Gasteiger partial charge is 0.355 e. The van der Waals surface area contributed by atoms with Crippen LogP contribution in [-0.4, -0.2) is 31.1 Å². The summed E-state index contributed by atoms with van der Waals surface area (Å²) in [6.45, 7) is 1.99. The van der Waals surface area contributed by atoms with Crippen LogP contribution in [0.1, 0.15) is 5.56 Å². The molecule has 0 atom stereocenters. The fourth-order valence-electron chi connectivity index (χ4n) is 2.80. The Balaban J connectivity index is 2.03. The van der Waals surface area contributed by atoms with E-state index in [1.165, 1.54) is 20.3 Å². The minimum Gasteiger partial charge on any atom is -0.465 e. The largest absolute Gasteiger partial charge is 0.465 e. The average molecular weight is 376 g/mol. The van der Waals surface area contributed by atoms with Crippen molar-refractivity contribution in [2.45, 2.75) is 6.92 Å². The van der Waals surface area contributed by atoms with Gasteiger partial charge in [-0.15, -0.1) is 0 Å². The van der Waals surface area contributed by atoms with E-state index in [1.54, 1.807) is 23.3 Å². The van der Waals surface area contributed by atoms with Crippen molar-refractivity contribution in [1.82, 2.24) is 4.98 Å². The molecule has 1 aliphatic rings. The van der Waals surface area contributed by atoms with Gasteiger partial charge in [-0.25, -0.2) is 9.59 Å². The predicted octanol–water partition coefficient (Wildman–Crippen LogP) is 3.55. The van der Waals surface area contributed by atoms with Crippen LogP contribution in [-0.2, 0) is 19.1 Å². The molecule has 0 N–H and O–H groups in total. The standard InChI is InChI=1S/C22H20N2O4/c1-15-7-12-19(23-14-15)16-8-10-17(11-9-16)24-13-5-4-6-18(21(25)27-2)20(24)22(26)28-3/h4-14H,1-3H3. The molecule has 0 amide bonds. The highest BCUT2D eigenvalue weighted by atomic mass is 16.5. The van der Waals surface area contributed by atoms with Gasteiger partial charge in [0.05, 0.1) is 25.5 Å². The molecule has 1 aliphatic heterocycles. The van der Waals surface area contributed by atoms with Crippen LogP contribution in [0, 0.1) is 6.92 Å². The van der Waals surface area contributed by atoms with E-state index < -0.39 is 11.9 Å². The Morgan fingerprint density at radius 3 is 2.25 bits per heavy atom. The number of hydrogen-bond acceptors (Lipinski definition) is 6. The molecular formula is C22H20N2O4. The van der Waals surface area contributed by atoms with Crippen molar-refractivity contribution in [3.8, 4) is 11.3 Å². The highest BCUT2D eigenvalue weighted by molar-refractivity contribution is 6.05. The molecule has 1 aromatic carbocycles. The lowest BCUT2D eigenvalue weighted by molar-refractivity contribution is -0.139. The number of nitrogens with zero attached hydrogens (tertiary/aromatic N) is 2. The zero-order valence-electron chi connectivity index (χ0n) is 15.9. The van der Waals surface area contributed by atoms with Crippen molar-refractivity contribution in [3.05, 3.63) is 83.9 Å². The van der Waals surface area contributed by atoms with E-state index in [0.717, 1.165) is 16.8 Å². The Hall–Kier alpha value is -3.67. The summed E-state index contributed by atoms with van der Waals surface area (Å²) in [6.07, 6.45) is 8.43. The fraction of sp³-hybridized carbons (Fsp3) is 0.136. The Kier molecular flexibility index (Phi) is 5.69. The summed E-state index contributed by atoms with van der Waals surface area (Å²) in [5.41, 5.74) is 3.77. The fourth-order valence-corrected chi connectivity index (χ4v) is 2.80. The van der Waals surface area contributed by atoms with Crippen LogP contribution < -0.4 is 4.90 Å². The third-order valence-electron chi connectivity index (χ3n) is 4.24. The molecule has 0 radical (unpaired) electrons. The maximum absolute atomic E-state index is 12.4. The number of rotatable bonds is 4. The second-order valence-electron chi connectivity index (χ2n) is 6.08. The molecule has 6 nitrogen and oxygen atoms in total. The lowest BCUT2D eigenvalue weighted by Crippen LogP contribution is -2.26. The number of pyridine rings is 1. The van der Waals surface area contributed by atoms with E-state index in [-0.39, 0.29) is 11.3 Å². The van der Waals surface area contributed by atoms with Gasteiger partial charge in [-0.2, -0.15) is 0 Å². The molecule has 0 fully saturated rings. The first-order chi connectivity index (χ1) is 13.5. The first-order valence-corrected chi connectivity index (χ1v) is 8.63. The van der Waals surface area contributed by atoms with Gasteiger partial charge < -0.3 is 14.4 Å². The van der Waals surface area contributed by atoms with Crippen molar-refractivity contribution in [1.29, 1.82) is 0 Å². The van der Waals surface area contributed by atoms with Crippen LogP contribution in [0.2, 0.25) is 0 Å². The number of aromatic nitrogens is 1. The summed E-state index contributed by atoms with van der Waals surface area (Å²) in [5.74, 6) is -1.26. The van der Waals surface area contributed by atoms with Gasteiger partial charge in [0.25, 0.3) is 0 Å². The maximum atomic E-state index is 12.4. The van der Waals surface area contributed by atoms with Gasteiger partial charge in [0.1, 0.15) is 5.70 Å². The molecule has 142 valence electrons. The number of ether oxygens (including phenoxy) is 2. The summed E-state index contributed by atoms with van der Waals surface area (Å²) in [7, 11) is 2.54. The van der Waals surface area contributed by atoms with Crippen molar-refractivity contribution in [2.75, 3.05) is 19.1 Å². The average Bonchev–Trinajstić information content (AvgIpc) is 2.96. The van der Waals surface area contributed by atoms with Gasteiger partial charge in [-0.3, -0.25) is 4.98 Å². The van der Waals surface area contributed by atoms with Gasteiger partial charge in [0.2, 0.25) is 0 Å². The van der Waals surface area contributed by atoms with E-state index in [9.17, 15) is 9.59 Å². The van der Waals surface area contributed by atoms with E-state index in [0.29, 0.717) is 5.69 Å². The third-order valence-corrected chi connectivity index (χ3v) is 4.24. The molecule has 0 saturated heterocycles. The van der Waals surface area contributed by atoms with Crippen LogP contribution in [0.15, 0.2) is 78.3 Å². The Labute approximate surface area is 163 Å². The summed E-state index contributed by atoms with van der Waals surface area (Å²) in [4.78, 5) is 30.7. The van der Waals surface area contributed by atoms with Crippen molar-refractivity contribution in [3.63, 3.8) is 0 Å². The van der Waals surface area contributed by atoms with Crippen molar-refractivity contribution >= 4 is 17.6 Å². The molecule has 2 aromatic rings. The molecule has 0 bridgehead atoms. The summed E-state index contributed by atoms with van der Waals surface area (Å²) >= 11 is 0. The van der Waals surface area contributed by atoms with Gasteiger partial charge in [-0.1, -0.05) is 24.3 Å². The monoisotopic (exact) mass is 376 g/mol. The Bertz CT molecular complexity index is 971. The van der Waals surface area contributed by atoms with Gasteiger partial charge >= 0.3 is 11.9 Å². The number of carbonyl (C=O) groups is 2. The highest BCUT2D eigenvalue weighted by Gasteiger charge is 2.27. The first kappa shape index (κ1) is 19.1. The number of esters is 2. The molecule has 0 aliphatic carbocycles. The molecule has 1 aromatic heterocycles. The summed E-state index contributed by atoms with van der Waals surface area (Å²) < 4.78 is 9.72. The van der Waals surface area contributed by atoms with E-state index >= 15 is 0 Å². The summed E-state index contributed by atoms with van der Waals surface area (Å²) in [5, 5.41) is 0. The zero-order valence-corrected chi connectivity index (χ0v) is 15.9. The SMILES string of the molecule is COC(=O)C1=C(C(=O)OC)N(c2ccc(-c3ccc(C)cn3)cc2)C=CC=C1. The molecule has 2 heterocycles. The third kappa shape index (κ3) is 3.86. The van der Waals surface area contributed by atoms with Gasteiger partial charge in [0.15, 0.2) is 0 Å². The summed E-state index contributed by atoms with van der Waals surface area (Å²) in [6, 6.07) is 11.5. The van der Waals surface area contributed by atoms with Crippen LogP contribution in [0.25, 0.3) is 11.3 Å². The minimum atomic E-state index is -0.638. The highest BCUT2D eigenvalue weighted by Crippen LogP contribution is 2.28. The maximum Gasteiger partial charge on any atom is 0.355 e. The minimum absolute atomic E-state index is 0.0839. The van der Waals surface area contributed by atoms with Crippen LogP contribution >= 0.6 is 0 Å². The second-order valence-corrected chi connectivity index (χ2v) is 6.08. The second kappa shape index (κ2) is 8.35. The topological polar surface area (TPSA) is 68.7 Å².